The Morgan fingerprint density at radius 1 is 0.909 bits per heavy atom. The standard InChI is InChI=1S/C13HF6N3/c1-21-22-13-6-5(4(2-3-20)7(14)12(13)19)8(15)10(17)11(18)9(6)16/h2H. The quantitative estimate of drug-likeness (QED) is 0.179. The van der Waals surface area contributed by atoms with Gasteiger partial charge in [0.1, 0.15) is 0 Å². The largest absolute Gasteiger partial charge is 0.203 e. The molecule has 0 aromatic heterocycles. The van der Waals surface area contributed by atoms with Crippen molar-refractivity contribution in [3.05, 3.63) is 63.7 Å². The van der Waals surface area contributed by atoms with Gasteiger partial charge in [-0.05, 0) is 0 Å². The molecule has 0 fully saturated rings. The van der Waals surface area contributed by atoms with Crippen LogP contribution in [-0.4, -0.2) is 5.71 Å². The van der Waals surface area contributed by atoms with Crippen LogP contribution in [0.5, 0.6) is 0 Å². The maximum absolute atomic E-state index is 13.8. The van der Waals surface area contributed by atoms with E-state index < -0.39 is 57.3 Å². The molecule has 0 unspecified atom stereocenters. The van der Waals surface area contributed by atoms with E-state index in [4.69, 9.17) is 11.8 Å². The van der Waals surface area contributed by atoms with Crippen LogP contribution in [0.15, 0.2) is 22.8 Å². The van der Waals surface area contributed by atoms with Crippen molar-refractivity contribution in [1.29, 1.82) is 5.26 Å². The molecule has 110 valence electrons. The first-order valence-corrected chi connectivity index (χ1v) is 5.33. The molecule has 9 heteroatoms. The first kappa shape index (κ1) is 15.3. The Kier molecular flexibility index (Phi) is 3.74. The third-order valence-electron chi connectivity index (χ3n) is 2.77. The highest BCUT2D eigenvalue weighted by atomic mass is 19.2. The molecule has 1 aromatic rings. The number of rotatable bonds is 0. The highest BCUT2D eigenvalue weighted by molar-refractivity contribution is 6.19. The Morgan fingerprint density at radius 3 is 1.95 bits per heavy atom. The number of hydrogen-bond acceptors (Lipinski definition) is 2. The molecule has 0 saturated carbocycles. The van der Waals surface area contributed by atoms with Crippen molar-refractivity contribution >= 4 is 11.3 Å². The third kappa shape index (κ3) is 1.95. The highest BCUT2D eigenvalue weighted by Gasteiger charge is 2.39. The van der Waals surface area contributed by atoms with E-state index in [-0.39, 0.29) is 0 Å². The van der Waals surface area contributed by atoms with Crippen molar-refractivity contribution in [2.24, 2.45) is 5.10 Å². The normalized spacial score (nSPS) is 17.5. The van der Waals surface area contributed by atoms with Crippen LogP contribution in [0, 0.1) is 41.2 Å². The summed E-state index contributed by atoms with van der Waals surface area (Å²) in [7, 11) is 0. The lowest BCUT2D eigenvalue weighted by Crippen LogP contribution is -2.19. The molecule has 0 spiro atoms. The average molecular weight is 313 g/mol. The zero-order valence-corrected chi connectivity index (χ0v) is 10.2. The monoisotopic (exact) mass is 313 g/mol. The van der Waals surface area contributed by atoms with Gasteiger partial charge >= 0.3 is 0 Å². The van der Waals surface area contributed by atoms with Gasteiger partial charge in [0.25, 0.3) is 0 Å². The average Bonchev–Trinajstić information content (AvgIpc) is 2.50. The van der Waals surface area contributed by atoms with E-state index in [2.05, 4.69) is 10.1 Å². The first-order chi connectivity index (χ1) is 10.4. The molecule has 0 saturated heterocycles. The lowest BCUT2D eigenvalue weighted by atomic mass is 9.88. The fourth-order valence-corrected chi connectivity index (χ4v) is 1.89. The zero-order chi connectivity index (χ0) is 16.6. The molecule has 2 rings (SSSR count). The van der Waals surface area contributed by atoms with Gasteiger partial charge < -0.3 is 0 Å². The van der Waals surface area contributed by atoms with Crippen LogP contribution >= 0.6 is 0 Å². The van der Waals surface area contributed by atoms with E-state index in [1.807, 2.05) is 0 Å². The second kappa shape index (κ2) is 5.37. The fraction of sp³-hybridized carbons (Fsp3) is 0. The summed E-state index contributed by atoms with van der Waals surface area (Å²) in [6, 6.07) is 1.25. The van der Waals surface area contributed by atoms with Crippen molar-refractivity contribution < 1.29 is 26.3 Å². The van der Waals surface area contributed by atoms with Gasteiger partial charge in [-0.25, -0.2) is 26.3 Å². The molecule has 3 nitrogen and oxygen atoms in total. The molecule has 1 aliphatic carbocycles. The number of hydrogen-bond donors (Lipinski definition) is 0. The molecule has 0 radical (unpaired) electrons. The predicted octanol–water partition coefficient (Wildman–Crippen LogP) is 3.94. The first-order valence-electron chi connectivity index (χ1n) is 5.33. The van der Waals surface area contributed by atoms with Crippen LogP contribution in [0.4, 0.5) is 26.3 Å². The number of nitrogens with zero attached hydrogens (tertiary/aromatic N) is 3. The van der Waals surface area contributed by atoms with Crippen molar-refractivity contribution in [3.63, 3.8) is 0 Å². The summed E-state index contributed by atoms with van der Waals surface area (Å²) < 4.78 is 81.9. The Bertz CT molecular complexity index is 796. The Balaban J connectivity index is 3.09. The summed E-state index contributed by atoms with van der Waals surface area (Å²) in [6.45, 7) is 6.46. The van der Waals surface area contributed by atoms with Crippen molar-refractivity contribution in [1.82, 2.24) is 0 Å². The number of nitriles is 1. The van der Waals surface area contributed by atoms with E-state index in [0.29, 0.717) is 6.08 Å². The zero-order valence-electron chi connectivity index (χ0n) is 10.2. The van der Waals surface area contributed by atoms with Crippen LogP contribution in [0.25, 0.3) is 10.5 Å². The molecule has 0 amide bonds. The van der Waals surface area contributed by atoms with Gasteiger partial charge in [-0.15, -0.1) is 4.95 Å². The maximum atomic E-state index is 13.8. The van der Waals surface area contributed by atoms with E-state index in [1.54, 1.807) is 0 Å². The lowest BCUT2D eigenvalue weighted by Gasteiger charge is -2.18. The maximum Gasteiger partial charge on any atom is 0.198 e. The van der Waals surface area contributed by atoms with Crippen LogP contribution in [-0.2, 0) is 0 Å². The molecule has 0 heterocycles. The summed E-state index contributed by atoms with van der Waals surface area (Å²) >= 11 is 0. The van der Waals surface area contributed by atoms with E-state index in [1.165, 1.54) is 6.07 Å². The second-order valence-electron chi connectivity index (χ2n) is 3.87. The van der Waals surface area contributed by atoms with Crippen LogP contribution < -0.4 is 0 Å². The number of benzene rings is 1. The third-order valence-corrected chi connectivity index (χ3v) is 2.77. The van der Waals surface area contributed by atoms with Gasteiger partial charge in [-0.2, -0.15) is 11.8 Å². The van der Waals surface area contributed by atoms with Crippen molar-refractivity contribution in [3.8, 4) is 6.07 Å². The van der Waals surface area contributed by atoms with Crippen molar-refractivity contribution in [2.75, 3.05) is 0 Å². The molecule has 1 aromatic carbocycles. The van der Waals surface area contributed by atoms with Gasteiger partial charge in [-0.1, -0.05) is 0 Å². The Hall–Kier alpha value is -3.07. The summed E-state index contributed by atoms with van der Waals surface area (Å²) in [5.74, 6) is -12.4. The summed E-state index contributed by atoms with van der Waals surface area (Å²) in [5, 5.41) is 11.3. The van der Waals surface area contributed by atoms with Crippen LogP contribution in [0.1, 0.15) is 11.1 Å². The number of halogens is 6. The molecule has 22 heavy (non-hydrogen) atoms. The molecule has 0 N–H and O–H groups in total. The second-order valence-corrected chi connectivity index (χ2v) is 3.87. The van der Waals surface area contributed by atoms with Gasteiger partial charge in [0, 0.05) is 17.2 Å². The highest BCUT2D eigenvalue weighted by Crippen LogP contribution is 2.41. The van der Waals surface area contributed by atoms with Gasteiger partial charge in [-0.3, -0.25) is 0 Å². The minimum atomic E-state index is -2.28. The molecule has 0 bridgehead atoms. The Morgan fingerprint density at radius 2 is 1.45 bits per heavy atom. The van der Waals surface area contributed by atoms with Crippen LogP contribution in [0.2, 0.25) is 0 Å². The van der Waals surface area contributed by atoms with Crippen molar-refractivity contribution in [2.45, 2.75) is 0 Å². The fourth-order valence-electron chi connectivity index (χ4n) is 1.89. The molecule has 0 atom stereocenters. The Labute approximate surface area is 118 Å². The summed E-state index contributed by atoms with van der Waals surface area (Å²) in [5.41, 5.74) is -4.94. The molecular formula is C13HF6N3. The van der Waals surface area contributed by atoms with E-state index in [0.717, 1.165) is 0 Å². The summed E-state index contributed by atoms with van der Waals surface area (Å²) in [6.07, 6.45) is 0.294. The molecule has 1 aliphatic rings. The van der Waals surface area contributed by atoms with E-state index in [9.17, 15) is 26.3 Å². The minimum absolute atomic E-state index is 0.294. The van der Waals surface area contributed by atoms with Gasteiger partial charge in [0.2, 0.25) is 0 Å². The van der Waals surface area contributed by atoms with E-state index >= 15 is 0 Å². The topological polar surface area (TPSA) is 40.5 Å². The summed E-state index contributed by atoms with van der Waals surface area (Å²) in [4.78, 5) is 2.34. The van der Waals surface area contributed by atoms with Crippen LogP contribution in [0.3, 0.4) is 0 Å². The molecular weight excluding hydrogens is 312 g/mol. The SMILES string of the molecule is [C-]#[N+]N=C1C(F)=C(F)C(=CC#N)c2c(F)c(F)c(F)c(F)c21. The van der Waals surface area contributed by atoms with Gasteiger partial charge in [0.15, 0.2) is 40.6 Å². The van der Waals surface area contributed by atoms with Gasteiger partial charge in [0.05, 0.1) is 16.7 Å². The molecule has 0 aliphatic heterocycles. The number of fused-ring (bicyclic) bond motifs is 1. The lowest BCUT2D eigenvalue weighted by molar-refractivity contribution is 0.406. The minimum Gasteiger partial charge on any atom is -0.203 e. The predicted molar refractivity (Wildman–Crippen MR) is 62.2 cm³/mol. The smallest absolute Gasteiger partial charge is 0.198 e. The number of allylic oxidation sites excluding steroid dienone is 4.